The van der Waals surface area contributed by atoms with Gasteiger partial charge in [0.15, 0.2) is 5.13 Å². The Balaban J connectivity index is 1.56. The van der Waals surface area contributed by atoms with Crippen molar-refractivity contribution in [2.75, 3.05) is 11.9 Å². The fourth-order valence-electron chi connectivity index (χ4n) is 3.86. The maximum Gasteiger partial charge on any atom is 0.416 e. The minimum absolute atomic E-state index is 0.00649. The molecule has 3 heterocycles. The van der Waals surface area contributed by atoms with Crippen LogP contribution in [0, 0.1) is 0 Å². The number of nitrogens with zero attached hydrogens (tertiary/aromatic N) is 5. The first kappa shape index (κ1) is 24.0. The summed E-state index contributed by atoms with van der Waals surface area (Å²) in [6.07, 6.45) is 2.07. The Hall–Kier alpha value is -3.70. The Kier molecular flexibility index (Phi) is 6.50. The predicted molar refractivity (Wildman–Crippen MR) is 132 cm³/mol. The minimum Gasteiger partial charge on any atom is -0.492 e. The first-order valence-corrected chi connectivity index (χ1v) is 12.0. The highest BCUT2D eigenvalue weighted by atomic mass is 35.5. The van der Waals surface area contributed by atoms with Crippen LogP contribution in [0.15, 0.2) is 65.3 Å². The molecule has 5 rings (SSSR count). The average molecular weight is 531 g/mol. The van der Waals surface area contributed by atoms with Gasteiger partial charge < -0.3 is 15.0 Å². The molecular formula is C24H18ClF3N6OS. The van der Waals surface area contributed by atoms with Gasteiger partial charge in [-0.25, -0.2) is 4.98 Å². The zero-order valence-electron chi connectivity index (χ0n) is 18.5. The van der Waals surface area contributed by atoms with E-state index in [1.54, 1.807) is 36.9 Å². The zero-order valence-corrected chi connectivity index (χ0v) is 20.1. The topological polar surface area (TPSA) is 87.7 Å². The molecule has 2 aromatic carbocycles. The van der Waals surface area contributed by atoms with Gasteiger partial charge >= 0.3 is 6.18 Å². The molecule has 1 aliphatic heterocycles. The van der Waals surface area contributed by atoms with Crippen LogP contribution in [0.1, 0.15) is 21.6 Å². The van der Waals surface area contributed by atoms with E-state index in [9.17, 15) is 18.3 Å². The number of benzene rings is 2. The number of alkyl halides is 3. The fraction of sp³-hybridized carbons (Fsp3) is 0.167. The molecule has 0 fully saturated rings. The normalized spacial score (nSPS) is 13.4. The molecule has 0 amide bonds. The van der Waals surface area contributed by atoms with Gasteiger partial charge in [0.1, 0.15) is 0 Å². The smallest absolute Gasteiger partial charge is 0.416 e. The highest BCUT2D eigenvalue weighted by molar-refractivity contribution is 7.16. The summed E-state index contributed by atoms with van der Waals surface area (Å²) >= 11 is 7.05. The van der Waals surface area contributed by atoms with Crippen LogP contribution in [0.5, 0.6) is 5.88 Å². The molecule has 0 atom stereocenters. The third kappa shape index (κ3) is 5.12. The number of halogens is 4. The van der Waals surface area contributed by atoms with Crippen molar-refractivity contribution in [2.24, 2.45) is 10.2 Å². The Morgan fingerprint density at radius 1 is 1.17 bits per heavy atom. The highest BCUT2D eigenvalue weighted by Crippen LogP contribution is 2.38. The van der Waals surface area contributed by atoms with Crippen molar-refractivity contribution in [1.82, 2.24) is 14.5 Å². The van der Waals surface area contributed by atoms with Gasteiger partial charge in [-0.2, -0.15) is 28.4 Å². The van der Waals surface area contributed by atoms with Crippen LogP contribution in [0.4, 0.5) is 18.3 Å². The number of rotatable bonds is 7. The van der Waals surface area contributed by atoms with Crippen molar-refractivity contribution < 1.29 is 18.3 Å². The van der Waals surface area contributed by atoms with E-state index < -0.39 is 11.7 Å². The Bertz CT molecular complexity index is 1560. The third-order valence-electron chi connectivity index (χ3n) is 5.57. The summed E-state index contributed by atoms with van der Waals surface area (Å²) in [6.45, 7) is 1.14. The van der Waals surface area contributed by atoms with Crippen molar-refractivity contribution in [3.63, 3.8) is 0 Å². The quantitative estimate of drug-likeness (QED) is 0.374. The van der Waals surface area contributed by atoms with Gasteiger partial charge in [-0.05, 0) is 40.6 Å². The maximum absolute atomic E-state index is 13.8. The number of aromatic hydroxyl groups is 1. The van der Waals surface area contributed by atoms with Crippen molar-refractivity contribution in [2.45, 2.75) is 19.1 Å². The van der Waals surface area contributed by atoms with E-state index in [2.05, 4.69) is 25.5 Å². The van der Waals surface area contributed by atoms with Crippen LogP contribution in [0.3, 0.4) is 0 Å². The standard InChI is InChI=1S/C24H18ClF3N6OS/c25-17-3-1-15(19(11-17)24(26,27)28)10-18(14-2-4-20-16(9-14)12-31-33-20)21-22(35)32-23(36-21)30-6-8-34-7-5-29-13-34/h1-5,7,9,11-13,35H,6,8,10H2,(H,30,32). The van der Waals surface area contributed by atoms with E-state index in [-0.39, 0.29) is 22.9 Å². The van der Waals surface area contributed by atoms with Crippen LogP contribution < -0.4 is 15.9 Å². The molecule has 36 heavy (non-hydrogen) atoms. The fourth-order valence-corrected chi connectivity index (χ4v) is 4.98. The summed E-state index contributed by atoms with van der Waals surface area (Å²) in [6, 6.07) is 8.98. The van der Waals surface area contributed by atoms with Crippen molar-refractivity contribution in [3.05, 3.63) is 92.3 Å². The summed E-state index contributed by atoms with van der Waals surface area (Å²) in [4.78, 5) is 8.57. The molecular weight excluding hydrogens is 513 g/mol. The molecule has 2 N–H and O–H groups in total. The SMILES string of the molecule is Oc1nc(NCCn2ccnc2)sc1C(Cc1ccc(Cl)cc1C(F)(F)F)=c1ccc2c(c1)C=NN=2. The highest BCUT2D eigenvalue weighted by Gasteiger charge is 2.34. The molecule has 184 valence electrons. The van der Waals surface area contributed by atoms with Crippen molar-refractivity contribution in [3.8, 4) is 5.88 Å². The lowest BCUT2D eigenvalue weighted by Crippen LogP contribution is -2.17. The molecule has 0 radical (unpaired) electrons. The molecule has 7 nitrogen and oxygen atoms in total. The summed E-state index contributed by atoms with van der Waals surface area (Å²) in [7, 11) is 0. The Morgan fingerprint density at radius 2 is 2.03 bits per heavy atom. The van der Waals surface area contributed by atoms with Crippen LogP contribution in [0.25, 0.3) is 5.57 Å². The van der Waals surface area contributed by atoms with E-state index in [1.807, 2.05) is 10.8 Å². The van der Waals surface area contributed by atoms with Crippen molar-refractivity contribution in [1.29, 1.82) is 0 Å². The number of fused-ring (bicyclic) bond motifs is 1. The monoisotopic (exact) mass is 530 g/mol. The summed E-state index contributed by atoms with van der Waals surface area (Å²) in [5.74, 6) is -0.262. The number of nitrogens with one attached hydrogen (secondary N) is 1. The second-order valence-electron chi connectivity index (χ2n) is 7.97. The molecule has 0 saturated heterocycles. The van der Waals surface area contributed by atoms with Gasteiger partial charge in [-0.1, -0.05) is 35.1 Å². The molecule has 0 spiro atoms. The number of thiazole rings is 1. The lowest BCUT2D eigenvalue weighted by molar-refractivity contribution is -0.138. The van der Waals surface area contributed by atoms with E-state index in [0.717, 1.165) is 11.6 Å². The molecule has 0 bridgehead atoms. The summed E-state index contributed by atoms with van der Waals surface area (Å²) in [5, 5.41) is 23.5. The van der Waals surface area contributed by atoms with E-state index in [1.165, 1.54) is 23.5 Å². The third-order valence-corrected chi connectivity index (χ3v) is 6.87. The predicted octanol–water partition coefficient (Wildman–Crippen LogP) is 4.24. The van der Waals surface area contributed by atoms with Gasteiger partial charge in [0, 0.05) is 42.5 Å². The zero-order chi connectivity index (χ0) is 25.3. The largest absolute Gasteiger partial charge is 0.492 e. The van der Waals surface area contributed by atoms with Crippen LogP contribution in [-0.2, 0) is 19.1 Å². The maximum atomic E-state index is 13.8. The first-order chi connectivity index (χ1) is 17.3. The molecule has 1 aliphatic rings. The lowest BCUT2D eigenvalue weighted by Gasteiger charge is -2.15. The van der Waals surface area contributed by atoms with E-state index >= 15 is 0 Å². The molecule has 4 aromatic rings. The van der Waals surface area contributed by atoms with Gasteiger partial charge in [0.25, 0.3) is 0 Å². The van der Waals surface area contributed by atoms with E-state index in [0.29, 0.717) is 39.2 Å². The molecule has 0 saturated carbocycles. The number of anilines is 1. The average Bonchev–Trinajstić information content (AvgIpc) is 3.59. The molecule has 0 unspecified atom stereocenters. The van der Waals surface area contributed by atoms with Crippen LogP contribution >= 0.6 is 22.9 Å². The van der Waals surface area contributed by atoms with Gasteiger partial charge in [0.05, 0.1) is 28.3 Å². The second-order valence-corrected chi connectivity index (χ2v) is 9.41. The number of hydrogen-bond donors (Lipinski definition) is 2. The van der Waals surface area contributed by atoms with Crippen LogP contribution in [0.2, 0.25) is 5.02 Å². The summed E-state index contributed by atoms with van der Waals surface area (Å²) in [5.41, 5.74) is 0.430. The summed E-state index contributed by atoms with van der Waals surface area (Å²) < 4.78 is 43.4. The Labute approximate surface area is 212 Å². The number of hydrogen-bond acceptors (Lipinski definition) is 7. The second kappa shape index (κ2) is 9.75. The molecule has 12 heteroatoms. The van der Waals surface area contributed by atoms with Crippen molar-refractivity contribution >= 4 is 39.9 Å². The lowest BCUT2D eigenvalue weighted by atomic mass is 9.96. The van der Waals surface area contributed by atoms with Gasteiger partial charge in [-0.3, -0.25) is 0 Å². The van der Waals surface area contributed by atoms with E-state index in [4.69, 9.17) is 11.6 Å². The minimum atomic E-state index is -4.59. The number of aromatic nitrogens is 3. The molecule has 2 aromatic heterocycles. The Morgan fingerprint density at radius 3 is 2.81 bits per heavy atom. The molecule has 0 aliphatic carbocycles. The first-order valence-electron chi connectivity index (χ1n) is 10.8. The number of imidazole rings is 1. The van der Waals surface area contributed by atoms with Gasteiger partial charge in [0.2, 0.25) is 5.88 Å². The van der Waals surface area contributed by atoms with Gasteiger partial charge in [-0.15, -0.1) is 0 Å². The van der Waals surface area contributed by atoms with Crippen LogP contribution in [-0.4, -0.2) is 32.4 Å².